The molecule has 0 N–H and O–H groups in total. The van der Waals surface area contributed by atoms with E-state index in [2.05, 4.69) is 228 Å². The van der Waals surface area contributed by atoms with Crippen LogP contribution in [0.2, 0.25) is 0 Å². The minimum absolute atomic E-state index is 0.177. The third kappa shape index (κ3) is 6.47. The average molecular weight is 962 g/mol. The first kappa shape index (κ1) is 41.6. The van der Waals surface area contributed by atoms with Crippen molar-refractivity contribution in [2.75, 3.05) is 0 Å². The maximum atomic E-state index is 9.52. The van der Waals surface area contributed by atoms with Gasteiger partial charge >= 0.3 is 393 Å². The number of rotatable bonds is 9. The number of hydrogen-bond acceptors (Lipinski definition) is 0. The Balaban J connectivity index is 1.26. The molecule has 313 valence electrons. The molecular formula is C60H51Cl2SiZr. The fourth-order valence-corrected chi connectivity index (χ4v) is 40.0. The Bertz CT molecular complexity index is 3000. The second-order valence-corrected chi connectivity index (χ2v) is 41.2. The SMILES string of the molecule is CC(C)C1=Cc2c(ccc(-c3ccccc3)c2-c2ccccc2)[CH]1[Zr]([Cl])([Cl])([c]1cccc2c1[SiH2]c1ccccc1-2)[CH]1C(C(C)C)=Cc2c1ccc(-c1ccccc1)c2-c1ccccc1. The predicted octanol–water partition coefficient (Wildman–Crippen LogP) is 14.7. The number of fused-ring (bicyclic) bond motifs is 5. The Morgan fingerprint density at radius 2 is 0.812 bits per heavy atom. The molecule has 64 heavy (non-hydrogen) atoms. The normalized spacial score (nSPS) is 17.1. The van der Waals surface area contributed by atoms with E-state index in [9.17, 15) is 17.0 Å². The molecule has 2 atom stereocenters. The Labute approximate surface area is 389 Å². The van der Waals surface area contributed by atoms with Gasteiger partial charge < -0.3 is 0 Å². The number of hydrogen-bond donors (Lipinski definition) is 0. The third-order valence-corrected chi connectivity index (χ3v) is 37.1. The monoisotopic (exact) mass is 959 g/mol. The zero-order valence-electron chi connectivity index (χ0n) is 36.8. The van der Waals surface area contributed by atoms with E-state index in [1.54, 1.807) is 0 Å². The molecule has 0 bridgehead atoms. The van der Waals surface area contributed by atoms with Crippen LogP contribution in [0, 0.1) is 11.8 Å². The summed E-state index contributed by atoms with van der Waals surface area (Å²) in [5, 5.41) is 2.92. The van der Waals surface area contributed by atoms with Gasteiger partial charge in [-0.3, -0.25) is 0 Å². The van der Waals surface area contributed by atoms with Crippen molar-refractivity contribution >= 4 is 52.3 Å². The second-order valence-electron chi connectivity index (χ2n) is 18.7. The second kappa shape index (κ2) is 16.1. The molecule has 8 aromatic rings. The molecule has 4 heteroatoms. The van der Waals surface area contributed by atoms with Gasteiger partial charge in [0.2, 0.25) is 0 Å². The number of benzene rings is 8. The molecule has 0 nitrogen and oxygen atoms in total. The van der Waals surface area contributed by atoms with Gasteiger partial charge in [-0.05, 0) is 0 Å². The fourth-order valence-electron chi connectivity index (χ4n) is 11.8. The quantitative estimate of drug-likeness (QED) is 0.126. The molecule has 0 fully saturated rings. The van der Waals surface area contributed by atoms with Gasteiger partial charge in [-0.1, -0.05) is 0 Å². The molecule has 0 radical (unpaired) electrons. The third-order valence-electron chi connectivity index (χ3n) is 14.5. The van der Waals surface area contributed by atoms with Crippen molar-refractivity contribution in [1.29, 1.82) is 0 Å². The molecule has 2 unspecified atom stereocenters. The van der Waals surface area contributed by atoms with E-state index in [0.717, 1.165) is 0 Å². The fraction of sp³-hybridized carbons (Fsp3) is 0.133. The first-order valence-electron chi connectivity index (χ1n) is 22.9. The summed E-state index contributed by atoms with van der Waals surface area (Å²) in [6.45, 7) is 9.43. The van der Waals surface area contributed by atoms with Gasteiger partial charge in [-0.25, -0.2) is 0 Å². The summed E-state index contributed by atoms with van der Waals surface area (Å²) < 4.78 is 0.910. The van der Waals surface area contributed by atoms with E-state index in [1.165, 1.54) is 103 Å². The number of allylic oxidation sites excluding steroid dienone is 2. The molecule has 2 aliphatic carbocycles. The Morgan fingerprint density at radius 1 is 0.406 bits per heavy atom. The summed E-state index contributed by atoms with van der Waals surface area (Å²) in [5.74, 6) is 0.399. The van der Waals surface area contributed by atoms with Crippen molar-refractivity contribution in [3.63, 3.8) is 0 Å². The zero-order valence-corrected chi connectivity index (χ0v) is 42.2. The van der Waals surface area contributed by atoms with E-state index in [0.29, 0.717) is 0 Å². The zero-order chi connectivity index (χ0) is 43.8. The molecule has 0 spiro atoms. The Morgan fingerprint density at radius 3 is 1.27 bits per heavy atom. The van der Waals surface area contributed by atoms with Gasteiger partial charge in [-0.15, -0.1) is 0 Å². The summed E-state index contributed by atoms with van der Waals surface area (Å²) in [7, 11) is 18.1. The molecule has 0 amide bonds. The molecule has 1 aliphatic heterocycles. The van der Waals surface area contributed by atoms with Crippen molar-refractivity contribution in [1.82, 2.24) is 0 Å². The van der Waals surface area contributed by atoms with Crippen LogP contribution in [0.1, 0.15) is 57.2 Å². The summed E-state index contributed by atoms with van der Waals surface area (Å²) in [5.41, 5.74) is 20.2. The van der Waals surface area contributed by atoms with Crippen molar-refractivity contribution in [3.05, 3.63) is 221 Å². The van der Waals surface area contributed by atoms with Gasteiger partial charge in [-0.2, -0.15) is 0 Å². The molecule has 0 saturated carbocycles. The van der Waals surface area contributed by atoms with Gasteiger partial charge in [0.1, 0.15) is 0 Å². The van der Waals surface area contributed by atoms with Crippen molar-refractivity contribution < 1.29 is 16.4 Å². The first-order chi connectivity index (χ1) is 31.1. The summed E-state index contributed by atoms with van der Waals surface area (Å²) in [6, 6.07) is 69.3. The molecular weight excluding hydrogens is 911 g/mol. The van der Waals surface area contributed by atoms with Crippen LogP contribution in [0.3, 0.4) is 0 Å². The van der Waals surface area contributed by atoms with Crippen molar-refractivity contribution in [3.8, 4) is 55.6 Å². The van der Waals surface area contributed by atoms with E-state index in [-0.39, 0.29) is 19.1 Å². The van der Waals surface area contributed by atoms with Crippen LogP contribution in [0.25, 0.3) is 67.8 Å². The van der Waals surface area contributed by atoms with Crippen molar-refractivity contribution in [2.24, 2.45) is 11.8 Å². The number of halogens is 2. The predicted molar refractivity (Wildman–Crippen MR) is 277 cm³/mol. The Kier molecular flexibility index (Phi) is 10.5. The van der Waals surface area contributed by atoms with Crippen LogP contribution in [-0.2, 0) is 16.4 Å². The molecule has 0 saturated heterocycles. The summed E-state index contributed by atoms with van der Waals surface area (Å²) >= 11 is -5.82. The topological polar surface area (TPSA) is 0 Å². The Hall–Kier alpha value is -5.08. The van der Waals surface area contributed by atoms with Crippen LogP contribution in [-0.4, -0.2) is 9.52 Å². The maximum absolute atomic E-state index is 9.52. The van der Waals surface area contributed by atoms with E-state index < -0.39 is 25.9 Å². The molecule has 3 aliphatic rings. The minimum atomic E-state index is -5.82. The van der Waals surface area contributed by atoms with Gasteiger partial charge in [0.05, 0.1) is 0 Å². The summed E-state index contributed by atoms with van der Waals surface area (Å²) in [4.78, 5) is 0. The van der Waals surface area contributed by atoms with Gasteiger partial charge in [0.25, 0.3) is 0 Å². The van der Waals surface area contributed by atoms with Crippen LogP contribution in [0.4, 0.5) is 0 Å². The van der Waals surface area contributed by atoms with E-state index >= 15 is 0 Å². The van der Waals surface area contributed by atoms with Crippen molar-refractivity contribution in [2.45, 2.75) is 34.9 Å². The first-order valence-corrected chi connectivity index (χ1v) is 34.7. The molecule has 0 aromatic heterocycles. The van der Waals surface area contributed by atoms with E-state index in [1.807, 2.05) is 0 Å². The van der Waals surface area contributed by atoms with Gasteiger partial charge in [0.15, 0.2) is 0 Å². The molecule has 1 heterocycles. The summed E-state index contributed by atoms with van der Waals surface area (Å²) in [6.07, 6.45) is 5.05. The average Bonchev–Trinajstić information content (AvgIpc) is 4.05. The molecule has 8 aromatic carbocycles. The van der Waals surface area contributed by atoms with Crippen LogP contribution in [0.15, 0.2) is 199 Å². The molecule has 11 rings (SSSR count). The van der Waals surface area contributed by atoms with Crippen LogP contribution < -0.4 is 13.6 Å². The van der Waals surface area contributed by atoms with Crippen LogP contribution >= 0.6 is 17.0 Å². The van der Waals surface area contributed by atoms with E-state index in [4.69, 9.17) is 0 Å². The standard InChI is InChI=1S/2C24H21.C12H9Si.2ClH.Zr/c2*1-17(2)21-15-20-13-14-22(18-9-5-3-6-10-18)24(23(20)16-21)19-11-7-4-8-12-19;1-3-7-11-9(5-1)10-6-2-4-8-12(10)13-11;;;/h2*3-17H,1-2H3;1-7H,13H2;2*1H;/q;;;;;+2/p-2. The van der Waals surface area contributed by atoms with Crippen LogP contribution in [0.5, 0.6) is 0 Å². The van der Waals surface area contributed by atoms with Gasteiger partial charge in [0, 0.05) is 0 Å².